The minimum Gasteiger partial charge on any atom is -0.444 e. The van der Waals surface area contributed by atoms with E-state index in [1.54, 1.807) is 53.3 Å². The molecule has 3 aromatic rings. The van der Waals surface area contributed by atoms with Crippen molar-refractivity contribution in [2.45, 2.75) is 77.7 Å². The first kappa shape index (κ1) is 34.6. The number of halogens is 2. The van der Waals surface area contributed by atoms with Crippen LogP contribution in [0.2, 0.25) is 0 Å². The van der Waals surface area contributed by atoms with Crippen LogP contribution in [0.1, 0.15) is 64.9 Å². The summed E-state index contributed by atoms with van der Waals surface area (Å²) >= 11 is 0.715. The Hall–Kier alpha value is -4.31. The number of anilines is 3. The molecule has 1 aliphatic rings. The molecule has 2 atom stereocenters. The predicted octanol–water partition coefficient (Wildman–Crippen LogP) is 5.28. The van der Waals surface area contributed by atoms with Gasteiger partial charge in [-0.15, -0.1) is 0 Å². The van der Waals surface area contributed by atoms with E-state index in [9.17, 15) is 28.3 Å². The van der Waals surface area contributed by atoms with E-state index in [0.717, 1.165) is 12.1 Å². The molecule has 0 unspecified atom stereocenters. The Balaban J connectivity index is 1.59. The number of nitrogens with zero attached hydrogens (tertiary/aromatic N) is 4. The molecule has 16 heteroatoms. The number of hydrogen-bond acceptors (Lipinski definition) is 10. The average Bonchev–Trinajstić information content (AvgIpc) is 3.43. The fourth-order valence-corrected chi connectivity index (χ4v) is 5.76. The molecule has 4 N–H and O–H groups in total. The molecule has 0 spiro atoms. The number of carbonyl (C=O) groups is 3. The van der Waals surface area contributed by atoms with E-state index >= 15 is 0 Å². The van der Waals surface area contributed by atoms with E-state index in [1.165, 1.54) is 12.3 Å². The Morgan fingerprint density at radius 1 is 0.978 bits per heavy atom. The Kier molecular flexibility index (Phi) is 10.2. The zero-order valence-corrected chi connectivity index (χ0v) is 27.6. The number of hydrogen-bond donors (Lipinski definition) is 4. The fourth-order valence-electron chi connectivity index (χ4n) is 4.77. The van der Waals surface area contributed by atoms with Crippen LogP contribution in [0, 0.1) is 11.6 Å². The lowest BCUT2D eigenvalue weighted by Gasteiger charge is -2.25. The van der Waals surface area contributed by atoms with Crippen molar-refractivity contribution in [2.24, 2.45) is 7.05 Å². The number of thiazole rings is 1. The van der Waals surface area contributed by atoms with Crippen molar-refractivity contribution in [1.29, 1.82) is 0 Å². The van der Waals surface area contributed by atoms with Gasteiger partial charge in [-0.3, -0.25) is 14.8 Å². The number of benzene rings is 1. The third kappa shape index (κ3) is 8.69. The molecule has 0 aliphatic carbocycles. The number of ether oxygens (including phenoxy) is 2. The molecule has 0 bridgehead atoms. The summed E-state index contributed by atoms with van der Waals surface area (Å²) in [4.78, 5) is 44.8. The molecule has 3 heterocycles. The lowest BCUT2D eigenvalue weighted by atomic mass is 10.1. The van der Waals surface area contributed by atoms with E-state index in [4.69, 9.17) is 9.47 Å². The van der Waals surface area contributed by atoms with E-state index < -0.39 is 58.6 Å². The van der Waals surface area contributed by atoms with Crippen molar-refractivity contribution in [3.8, 4) is 10.6 Å². The fraction of sp³-hybridized carbons (Fsp3) is 0.500. The highest BCUT2D eigenvalue weighted by molar-refractivity contribution is 7.19. The van der Waals surface area contributed by atoms with Crippen molar-refractivity contribution in [2.75, 3.05) is 28.6 Å². The maximum Gasteiger partial charge on any atom is 0.412 e. The van der Waals surface area contributed by atoms with E-state index in [-0.39, 0.29) is 21.4 Å². The first-order valence-electron chi connectivity index (χ1n) is 14.6. The standard InChI is InChI=1S/C30H39F2N7O6S/c1-29(2,3)44-27(42)35-18-11-13-39(14-12-20(18)40)26-19(15-33-38(26)7)34-23(41)22-25(37-28(43)45-30(4,5)6)46-24(36-22)21-16(31)9-8-10-17(21)32/h8-10,15,18,20,40H,11-14H2,1-7H3,(H,34,41)(H,35,42)(H,37,43)/t18-,20+/m1/s1. The quantitative estimate of drug-likeness (QED) is 0.275. The maximum absolute atomic E-state index is 14.7. The van der Waals surface area contributed by atoms with Crippen LogP contribution < -0.4 is 20.9 Å². The van der Waals surface area contributed by atoms with E-state index in [0.29, 0.717) is 43.1 Å². The number of aliphatic hydroxyl groups is 1. The molecule has 3 amide bonds. The SMILES string of the molecule is Cn1ncc(NC(=O)c2nc(-c3c(F)cccc3F)sc2NC(=O)OC(C)(C)C)c1N1CC[C@H](O)[C@H](NC(=O)OC(C)(C)C)CC1. The lowest BCUT2D eigenvalue weighted by Crippen LogP contribution is -2.45. The number of rotatable bonds is 6. The summed E-state index contributed by atoms with van der Waals surface area (Å²) in [7, 11) is 1.68. The van der Waals surface area contributed by atoms with Gasteiger partial charge in [0.05, 0.1) is 23.9 Å². The number of aromatic nitrogens is 3. The van der Waals surface area contributed by atoms with Crippen molar-refractivity contribution < 1.29 is 37.7 Å². The van der Waals surface area contributed by atoms with Crippen LogP contribution in [0.25, 0.3) is 10.6 Å². The van der Waals surface area contributed by atoms with Gasteiger partial charge in [-0.05, 0) is 66.5 Å². The van der Waals surface area contributed by atoms with Crippen LogP contribution in [0.4, 0.5) is 34.9 Å². The van der Waals surface area contributed by atoms with Crippen LogP contribution in [-0.4, -0.2) is 74.4 Å². The number of amides is 3. The van der Waals surface area contributed by atoms with Gasteiger partial charge in [0.2, 0.25) is 0 Å². The second-order valence-corrected chi connectivity index (χ2v) is 13.8. The molecule has 0 saturated carbocycles. The Morgan fingerprint density at radius 2 is 1.59 bits per heavy atom. The number of carbonyl (C=O) groups excluding carboxylic acids is 3. The van der Waals surface area contributed by atoms with Gasteiger partial charge in [-0.25, -0.2) is 23.4 Å². The van der Waals surface area contributed by atoms with Gasteiger partial charge in [-0.2, -0.15) is 5.10 Å². The molecular formula is C30H39F2N7O6S. The van der Waals surface area contributed by atoms with Gasteiger partial charge in [0, 0.05) is 20.1 Å². The van der Waals surface area contributed by atoms with Gasteiger partial charge in [0.1, 0.15) is 38.5 Å². The summed E-state index contributed by atoms with van der Waals surface area (Å²) in [6.07, 6.45) is -0.273. The monoisotopic (exact) mass is 663 g/mol. The summed E-state index contributed by atoms with van der Waals surface area (Å²) in [5.41, 5.74) is -2.01. The molecule has 2 aromatic heterocycles. The van der Waals surface area contributed by atoms with Crippen molar-refractivity contribution in [3.05, 3.63) is 41.7 Å². The van der Waals surface area contributed by atoms with Crippen LogP contribution in [0.3, 0.4) is 0 Å². The molecule has 1 aromatic carbocycles. The normalized spacial score (nSPS) is 17.2. The van der Waals surface area contributed by atoms with Crippen LogP contribution in [-0.2, 0) is 16.5 Å². The third-order valence-corrected chi connectivity index (χ3v) is 7.65. The van der Waals surface area contributed by atoms with Gasteiger partial charge in [-0.1, -0.05) is 17.4 Å². The first-order valence-corrected chi connectivity index (χ1v) is 15.4. The number of aliphatic hydroxyl groups excluding tert-OH is 1. The highest BCUT2D eigenvalue weighted by Crippen LogP contribution is 2.36. The summed E-state index contributed by atoms with van der Waals surface area (Å²) in [5.74, 6) is -2.04. The first-order chi connectivity index (χ1) is 21.4. The lowest BCUT2D eigenvalue weighted by molar-refractivity contribution is 0.0419. The number of alkyl carbamates (subject to hydrolysis) is 1. The van der Waals surface area contributed by atoms with Crippen molar-refractivity contribution >= 4 is 45.9 Å². The Labute approximate surface area is 269 Å². The third-order valence-electron chi connectivity index (χ3n) is 6.66. The molecule has 1 saturated heterocycles. The van der Waals surface area contributed by atoms with Crippen molar-refractivity contribution in [1.82, 2.24) is 20.1 Å². The van der Waals surface area contributed by atoms with Gasteiger partial charge < -0.3 is 30.1 Å². The van der Waals surface area contributed by atoms with Gasteiger partial charge in [0.25, 0.3) is 5.91 Å². The molecule has 46 heavy (non-hydrogen) atoms. The molecule has 4 rings (SSSR count). The van der Waals surface area contributed by atoms with Gasteiger partial charge in [0.15, 0.2) is 11.5 Å². The predicted molar refractivity (Wildman–Crippen MR) is 169 cm³/mol. The van der Waals surface area contributed by atoms with Crippen LogP contribution in [0.5, 0.6) is 0 Å². The number of aryl methyl sites for hydroxylation is 1. The summed E-state index contributed by atoms with van der Waals surface area (Å²) < 4.78 is 41.5. The van der Waals surface area contributed by atoms with Crippen LogP contribution >= 0.6 is 11.3 Å². The Morgan fingerprint density at radius 3 is 2.22 bits per heavy atom. The summed E-state index contributed by atoms with van der Waals surface area (Å²) in [6.45, 7) is 11.0. The second kappa shape index (κ2) is 13.6. The summed E-state index contributed by atoms with van der Waals surface area (Å²) in [6, 6.07) is 2.76. The smallest absolute Gasteiger partial charge is 0.412 e. The van der Waals surface area contributed by atoms with E-state index in [2.05, 4.69) is 26.0 Å². The molecular weight excluding hydrogens is 624 g/mol. The van der Waals surface area contributed by atoms with Crippen molar-refractivity contribution in [3.63, 3.8) is 0 Å². The minimum atomic E-state index is -0.887. The molecule has 250 valence electrons. The second-order valence-electron chi connectivity index (χ2n) is 12.8. The molecule has 1 aliphatic heterocycles. The summed E-state index contributed by atoms with van der Waals surface area (Å²) in [5, 5.41) is 22.8. The number of nitrogens with one attached hydrogen (secondary N) is 3. The van der Waals surface area contributed by atoms with Crippen LogP contribution in [0.15, 0.2) is 24.4 Å². The maximum atomic E-state index is 14.7. The van der Waals surface area contributed by atoms with E-state index in [1.807, 2.05) is 4.90 Å². The average molecular weight is 664 g/mol. The zero-order chi connectivity index (χ0) is 34.0. The zero-order valence-electron chi connectivity index (χ0n) is 26.7. The minimum absolute atomic E-state index is 0.0798. The highest BCUT2D eigenvalue weighted by Gasteiger charge is 2.31. The largest absolute Gasteiger partial charge is 0.444 e. The van der Waals surface area contributed by atoms with Gasteiger partial charge >= 0.3 is 12.2 Å². The molecule has 13 nitrogen and oxygen atoms in total. The molecule has 0 radical (unpaired) electrons. The topological polar surface area (TPSA) is 160 Å². The Bertz CT molecular complexity index is 1580. The highest BCUT2D eigenvalue weighted by atomic mass is 32.1. The molecule has 1 fully saturated rings.